The maximum absolute atomic E-state index is 3.58. The SMILES string of the molecule is CCCCCCC(C)Nc1ccc(C)c(I)c1. The molecule has 0 saturated carbocycles. The number of rotatable bonds is 7. The van der Waals surface area contributed by atoms with Crippen LogP contribution in [-0.4, -0.2) is 6.04 Å². The standard InChI is InChI=1S/C15H24IN/c1-4-5-6-7-8-13(3)17-14-10-9-12(2)15(16)11-14/h9-11,13,17H,4-8H2,1-3H3. The van der Waals surface area contributed by atoms with Gasteiger partial charge >= 0.3 is 0 Å². The molecule has 1 rings (SSSR count). The Morgan fingerprint density at radius 3 is 2.65 bits per heavy atom. The quantitative estimate of drug-likeness (QED) is 0.517. The predicted octanol–water partition coefficient (Wildman–Crippen LogP) is 5.37. The minimum absolute atomic E-state index is 0.574. The molecule has 1 N–H and O–H groups in total. The monoisotopic (exact) mass is 345 g/mol. The summed E-state index contributed by atoms with van der Waals surface area (Å²) >= 11 is 2.40. The highest BCUT2D eigenvalue weighted by Crippen LogP contribution is 2.18. The van der Waals surface area contributed by atoms with E-state index in [9.17, 15) is 0 Å². The average Bonchev–Trinajstić information content (AvgIpc) is 2.30. The molecule has 1 nitrogen and oxygen atoms in total. The van der Waals surface area contributed by atoms with Gasteiger partial charge in [0.1, 0.15) is 0 Å². The molecule has 2 heteroatoms. The van der Waals surface area contributed by atoms with Crippen molar-refractivity contribution in [2.45, 2.75) is 58.9 Å². The molecule has 0 bridgehead atoms. The largest absolute Gasteiger partial charge is 0.383 e. The van der Waals surface area contributed by atoms with E-state index in [2.05, 4.69) is 66.9 Å². The highest BCUT2D eigenvalue weighted by Gasteiger charge is 2.03. The van der Waals surface area contributed by atoms with E-state index in [-0.39, 0.29) is 0 Å². The van der Waals surface area contributed by atoms with Crippen molar-refractivity contribution in [2.24, 2.45) is 0 Å². The van der Waals surface area contributed by atoms with Crippen LogP contribution in [0.1, 0.15) is 51.5 Å². The Kier molecular flexibility index (Phi) is 6.93. The third-order valence-corrected chi connectivity index (χ3v) is 4.24. The van der Waals surface area contributed by atoms with Crippen LogP contribution >= 0.6 is 22.6 Å². The lowest BCUT2D eigenvalue weighted by Gasteiger charge is -2.15. The Hall–Kier alpha value is -0.250. The van der Waals surface area contributed by atoms with Gasteiger partial charge in [0.2, 0.25) is 0 Å². The van der Waals surface area contributed by atoms with Gasteiger partial charge in [0.15, 0.2) is 0 Å². The molecule has 0 spiro atoms. The molecular formula is C15H24IN. The molecule has 0 amide bonds. The van der Waals surface area contributed by atoms with Crippen LogP contribution in [0.2, 0.25) is 0 Å². The number of benzene rings is 1. The van der Waals surface area contributed by atoms with E-state index >= 15 is 0 Å². The molecule has 17 heavy (non-hydrogen) atoms. The molecule has 1 atom stereocenters. The van der Waals surface area contributed by atoms with E-state index in [0.29, 0.717) is 6.04 Å². The lowest BCUT2D eigenvalue weighted by atomic mass is 10.1. The highest BCUT2D eigenvalue weighted by atomic mass is 127. The van der Waals surface area contributed by atoms with Crippen molar-refractivity contribution >= 4 is 28.3 Å². The van der Waals surface area contributed by atoms with Crippen LogP contribution in [0.15, 0.2) is 18.2 Å². The van der Waals surface area contributed by atoms with Crippen LogP contribution in [-0.2, 0) is 0 Å². The molecule has 0 fully saturated rings. The Morgan fingerprint density at radius 1 is 1.24 bits per heavy atom. The Morgan fingerprint density at radius 2 is 2.00 bits per heavy atom. The molecule has 0 radical (unpaired) electrons. The smallest absolute Gasteiger partial charge is 0.0353 e. The average molecular weight is 345 g/mol. The van der Waals surface area contributed by atoms with Gasteiger partial charge in [0.25, 0.3) is 0 Å². The van der Waals surface area contributed by atoms with Gasteiger partial charge in [0.05, 0.1) is 0 Å². The first-order valence-electron chi connectivity index (χ1n) is 6.66. The second-order valence-corrected chi connectivity index (χ2v) is 6.02. The number of halogens is 1. The number of unbranched alkanes of at least 4 members (excludes halogenated alkanes) is 3. The van der Waals surface area contributed by atoms with Crippen LogP contribution in [0.5, 0.6) is 0 Å². The van der Waals surface area contributed by atoms with Crippen LogP contribution in [0.3, 0.4) is 0 Å². The van der Waals surface area contributed by atoms with E-state index in [1.165, 1.54) is 46.9 Å². The van der Waals surface area contributed by atoms with Gasteiger partial charge in [0, 0.05) is 15.3 Å². The molecule has 0 aliphatic heterocycles. The van der Waals surface area contributed by atoms with Crippen molar-refractivity contribution in [1.82, 2.24) is 0 Å². The summed E-state index contributed by atoms with van der Waals surface area (Å²) in [7, 11) is 0. The van der Waals surface area contributed by atoms with Crippen molar-refractivity contribution < 1.29 is 0 Å². The van der Waals surface area contributed by atoms with Crippen molar-refractivity contribution in [2.75, 3.05) is 5.32 Å². The lowest BCUT2D eigenvalue weighted by Crippen LogP contribution is -2.14. The van der Waals surface area contributed by atoms with Gasteiger partial charge < -0.3 is 5.32 Å². The summed E-state index contributed by atoms with van der Waals surface area (Å²) in [6.07, 6.45) is 6.66. The van der Waals surface area contributed by atoms with Crippen LogP contribution in [0.25, 0.3) is 0 Å². The molecule has 1 unspecified atom stereocenters. The minimum atomic E-state index is 0.574. The fraction of sp³-hybridized carbons (Fsp3) is 0.600. The number of hydrogen-bond donors (Lipinski definition) is 1. The molecule has 0 aliphatic carbocycles. The van der Waals surface area contributed by atoms with Crippen molar-refractivity contribution in [3.05, 3.63) is 27.3 Å². The fourth-order valence-electron chi connectivity index (χ4n) is 1.92. The van der Waals surface area contributed by atoms with E-state index in [1.54, 1.807) is 0 Å². The maximum atomic E-state index is 3.58. The summed E-state index contributed by atoms with van der Waals surface area (Å²) < 4.78 is 1.34. The second-order valence-electron chi connectivity index (χ2n) is 4.86. The summed E-state index contributed by atoms with van der Waals surface area (Å²) in [6, 6.07) is 7.18. The van der Waals surface area contributed by atoms with E-state index in [4.69, 9.17) is 0 Å². The van der Waals surface area contributed by atoms with E-state index in [1.807, 2.05) is 0 Å². The first-order valence-corrected chi connectivity index (χ1v) is 7.74. The summed E-state index contributed by atoms with van der Waals surface area (Å²) in [5, 5.41) is 3.58. The summed E-state index contributed by atoms with van der Waals surface area (Å²) in [5.41, 5.74) is 2.61. The van der Waals surface area contributed by atoms with Gasteiger partial charge in [-0.15, -0.1) is 0 Å². The lowest BCUT2D eigenvalue weighted by molar-refractivity contribution is 0.594. The van der Waals surface area contributed by atoms with Crippen molar-refractivity contribution in [3.63, 3.8) is 0 Å². The van der Waals surface area contributed by atoms with Gasteiger partial charge in [-0.05, 0) is 60.6 Å². The zero-order valence-electron chi connectivity index (χ0n) is 11.2. The molecule has 1 aromatic rings. The van der Waals surface area contributed by atoms with Crippen LogP contribution < -0.4 is 5.32 Å². The molecule has 0 aliphatic rings. The third kappa shape index (κ3) is 5.75. The van der Waals surface area contributed by atoms with Gasteiger partial charge in [-0.3, -0.25) is 0 Å². The van der Waals surface area contributed by atoms with Crippen LogP contribution in [0, 0.1) is 10.5 Å². The predicted molar refractivity (Wildman–Crippen MR) is 85.7 cm³/mol. The zero-order chi connectivity index (χ0) is 12.7. The minimum Gasteiger partial charge on any atom is -0.383 e. The molecule has 1 aromatic carbocycles. The van der Waals surface area contributed by atoms with E-state index in [0.717, 1.165) is 0 Å². The molecule has 96 valence electrons. The Bertz CT molecular complexity index is 336. The number of nitrogens with one attached hydrogen (secondary N) is 1. The second kappa shape index (κ2) is 7.96. The summed E-state index contributed by atoms with van der Waals surface area (Å²) in [4.78, 5) is 0. The number of aryl methyl sites for hydroxylation is 1. The first kappa shape index (κ1) is 14.8. The summed E-state index contributed by atoms with van der Waals surface area (Å²) in [5.74, 6) is 0. The van der Waals surface area contributed by atoms with Gasteiger partial charge in [-0.2, -0.15) is 0 Å². The van der Waals surface area contributed by atoms with E-state index < -0.39 is 0 Å². The molecule has 0 heterocycles. The highest BCUT2D eigenvalue weighted by molar-refractivity contribution is 14.1. The first-order chi connectivity index (χ1) is 8.13. The van der Waals surface area contributed by atoms with Gasteiger partial charge in [-0.25, -0.2) is 0 Å². The van der Waals surface area contributed by atoms with Crippen molar-refractivity contribution in [1.29, 1.82) is 0 Å². The number of hydrogen-bond acceptors (Lipinski definition) is 1. The van der Waals surface area contributed by atoms with Crippen molar-refractivity contribution in [3.8, 4) is 0 Å². The molecule has 0 aromatic heterocycles. The molecule has 0 saturated heterocycles. The fourth-order valence-corrected chi connectivity index (χ4v) is 2.43. The normalized spacial score (nSPS) is 12.5. The zero-order valence-corrected chi connectivity index (χ0v) is 13.4. The maximum Gasteiger partial charge on any atom is 0.0353 e. The number of anilines is 1. The third-order valence-electron chi connectivity index (χ3n) is 3.08. The Labute approximate surface area is 120 Å². The van der Waals surface area contributed by atoms with Gasteiger partial charge in [-0.1, -0.05) is 38.7 Å². The summed E-state index contributed by atoms with van der Waals surface area (Å²) in [6.45, 7) is 6.69. The topological polar surface area (TPSA) is 12.0 Å². The Balaban J connectivity index is 2.34. The molecular weight excluding hydrogens is 321 g/mol. The van der Waals surface area contributed by atoms with Crippen LogP contribution in [0.4, 0.5) is 5.69 Å².